The first-order valence-electron chi connectivity index (χ1n) is 10.1. The van der Waals surface area contributed by atoms with Crippen molar-refractivity contribution in [2.75, 3.05) is 32.4 Å². The monoisotopic (exact) mass is 425 g/mol. The lowest BCUT2D eigenvalue weighted by molar-refractivity contribution is -0.129. The van der Waals surface area contributed by atoms with Gasteiger partial charge in [-0.15, -0.1) is 24.2 Å². The van der Waals surface area contributed by atoms with Gasteiger partial charge in [0.1, 0.15) is 0 Å². The van der Waals surface area contributed by atoms with Crippen molar-refractivity contribution in [2.45, 2.75) is 56.0 Å². The standard InChI is InChI=1S/C21H31N3O2S.ClH/c1-16-14-24(13-12-22-16)21(26)18-10-6-7-11-19(18)27-15-20(25)23(2)17-8-4-3-5-9-17;/h6-7,10-11,16-17,22H,3-5,8-9,12-15H2,1-2H3;1H. The summed E-state index contributed by atoms with van der Waals surface area (Å²) in [6.45, 7) is 4.37. The van der Waals surface area contributed by atoms with Crippen LogP contribution < -0.4 is 5.32 Å². The molecule has 1 atom stereocenters. The summed E-state index contributed by atoms with van der Waals surface area (Å²) in [6.07, 6.45) is 5.95. The Balaban J connectivity index is 0.00000280. The van der Waals surface area contributed by atoms with E-state index in [0.717, 1.165) is 37.4 Å². The third kappa shape index (κ3) is 5.88. The molecule has 1 heterocycles. The molecule has 156 valence electrons. The Kier molecular flexibility index (Phi) is 9.12. The predicted octanol–water partition coefficient (Wildman–Crippen LogP) is 3.43. The van der Waals surface area contributed by atoms with Gasteiger partial charge in [-0.05, 0) is 31.9 Å². The lowest BCUT2D eigenvalue weighted by Crippen LogP contribution is -2.51. The van der Waals surface area contributed by atoms with Crippen molar-refractivity contribution in [3.8, 4) is 0 Å². The minimum atomic E-state index is 0. The SMILES string of the molecule is CC1CN(C(=O)c2ccccc2SCC(=O)N(C)C2CCCCC2)CCN1.Cl. The summed E-state index contributed by atoms with van der Waals surface area (Å²) in [5.74, 6) is 0.611. The number of thioether (sulfide) groups is 1. The highest BCUT2D eigenvalue weighted by atomic mass is 35.5. The molecule has 0 bridgehead atoms. The highest BCUT2D eigenvalue weighted by Gasteiger charge is 2.25. The van der Waals surface area contributed by atoms with Crippen LogP contribution >= 0.6 is 24.2 Å². The Bertz CT molecular complexity index is 667. The van der Waals surface area contributed by atoms with E-state index in [1.54, 1.807) is 0 Å². The number of benzene rings is 1. The second-order valence-corrected chi connectivity index (χ2v) is 8.70. The van der Waals surface area contributed by atoms with E-state index >= 15 is 0 Å². The number of halogens is 1. The van der Waals surface area contributed by atoms with Crippen molar-refractivity contribution in [3.63, 3.8) is 0 Å². The van der Waals surface area contributed by atoms with Crippen LogP contribution in [-0.2, 0) is 4.79 Å². The number of rotatable bonds is 5. The maximum Gasteiger partial charge on any atom is 0.255 e. The molecular formula is C21H32ClN3O2S. The van der Waals surface area contributed by atoms with E-state index in [1.807, 2.05) is 41.1 Å². The normalized spacial score (nSPS) is 20.4. The van der Waals surface area contributed by atoms with Gasteiger partial charge >= 0.3 is 0 Å². The summed E-state index contributed by atoms with van der Waals surface area (Å²) >= 11 is 1.49. The van der Waals surface area contributed by atoms with Crippen LogP contribution in [0.2, 0.25) is 0 Å². The number of carbonyl (C=O) groups excluding carboxylic acids is 2. The Morgan fingerprint density at radius 1 is 1.21 bits per heavy atom. The van der Waals surface area contributed by atoms with Crippen molar-refractivity contribution < 1.29 is 9.59 Å². The van der Waals surface area contributed by atoms with Crippen LogP contribution in [0.1, 0.15) is 49.4 Å². The van der Waals surface area contributed by atoms with Gasteiger partial charge in [-0.1, -0.05) is 31.4 Å². The number of nitrogens with zero attached hydrogens (tertiary/aromatic N) is 2. The second kappa shape index (κ2) is 11.1. The average Bonchev–Trinajstić information content (AvgIpc) is 2.71. The summed E-state index contributed by atoms with van der Waals surface area (Å²) in [5, 5.41) is 3.37. The zero-order valence-corrected chi connectivity index (χ0v) is 18.5. The van der Waals surface area contributed by atoms with Gasteiger partial charge in [0.2, 0.25) is 5.91 Å². The third-order valence-corrected chi connectivity index (χ3v) is 6.70. The fourth-order valence-corrected chi connectivity index (χ4v) is 4.94. The van der Waals surface area contributed by atoms with Crippen LogP contribution in [0.5, 0.6) is 0 Å². The van der Waals surface area contributed by atoms with E-state index in [4.69, 9.17) is 0 Å². The van der Waals surface area contributed by atoms with E-state index in [1.165, 1.54) is 31.0 Å². The van der Waals surface area contributed by atoms with E-state index in [2.05, 4.69) is 12.2 Å². The van der Waals surface area contributed by atoms with Crippen LogP contribution in [0.25, 0.3) is 0 Å². The van der Waals surface area contributed by atoms with Crippen LogP contribution in [0.3, 0.4) is 0 Å². The molecule has 2 amide bonds. The molecule has 2 aliphatic rings. The van der Waals surface area contributed by atoms with Gasteiger partial charge in [0.25, 0.3) is 5.91 Å². The van der Waals surface area contributed by atoms with Crippen LogP contribution in [0.15, 0.2) is 29.2 Å². The summed E-state index contributed by atoms with van der Waals surface area (Å²) in [4.78, 5) is 30.4. The topological polar surface area (TPSA) is 52.7 Å². The second-order valence-electron chi connectivity index (χ2n) is 7.69. The Labute approximate surface area is 179 Å². The van der Waals surface area contributed by atoms with Gasteiger partial charge in [0.15, 0.2) is 0 Å². The maximum atomic E-state index is 13.0. The highest BCUT2D eigenvalue weighted by molar-refractivity contribution is 8.00. The zero-order chi connectivity index (χ0) is 19.2. The molecule has 3 rings (SSSR count). The van der Waals surface area contributed by atoms with Crippen molar-refractivity contribution in [1.82, 2.24) is 15.1 Å². The molecule has 28 heavy (non-hydrogen) atoms. The molecule has 0 aromatic heterocycles. The number of nitrogens with one attached hydrogen (secondary N) is 1. The number of amides is 2. The van der Waals surface area contributed by atoms with Crippen molar-refractivity contribution >= 4 is 36.0 Å². The first-order chi connectivity index (χ1) is 13.1. The van der Waals surface area contributed by atoms with Gasteiger partial charge in [-0.2, -0.15) is 0 Å². The molecule has 1 aromatic rings. The van der Waals surface area contributed by atoms with E-state index in [-0.39, 0.29) is 24.2 Å². The third-order valence-electron chi connectivity index (χ3n) is 5.64. The molecule has 1 aliphatic carbocycles. The number of piperazine rings is 1. The van der Waals surface area contributed by atoms with Crippen LogP contribution in [-0.4, -0.2) is 66.1 Å². The van der Waals surface area contributed by atoms with Gasteiger partial charge in [-0.3, -0.25) is 9.59 Å². The fraction of sp³-hybridized carbons (Fsp3) is 0.619. The molecule has 1 saturated heterocycles. The van der Waals surface area contributed by atoms with Gasteiger partial charge in [-0.25, -0.2) is 0 Å². The lowest BCUT2D eigenvalue weighted by atomic mass is 9.94. The first-order valence-corrected chi connectivity index (χ1v) is 11.0. The first kappa shape index (κ1) is 23.0. The summed E-state index contributed by atoms with van der Waals surface area (Å²) in [6, 6.07) is 8.37. The minimum absolute atomic E-state index is 0. The predicted molar refractivity (Wildman–Crippen MR) is 117 cm³/mol. The molecule has 0 spiro atoms. The average molecular weight is 426 g/mol. The van der Waals surface area contributed by atoms with E-state index < -0.39 is 0 Å². The molecule has 1 aliphatic heterocycles. The fourth-order valence-electron chi connectivity index (χ4n) is 3.97. The molecule has 1 aromatic carbocycles. The largest absolute Gasteiger partial charge is 0.342 e. The molecule has 2 fully saturated rings. The molecule has 0 radical (unpaired) electrons. The van der Waals surface area contributed by atoms with Gasteiger partial charge in [0, 0.05) is 43.7 Å². The van der Waals surface area contributed by atoms with Crippen molar-refractivity contribution in [3.05, 3.63) is 29.8 Å². The van der Waals surface area contributed by atoms with Crippen molar-refractivity contribution in [2.24, 2.45) is 0 Å². The maximum absolute atomic E-state index is 13.0. The molecule has 1 unspecified atom stereocenters. The van der Waals surface area contributed by atoms with Crippen LogP contribution in [0, 0.1) is 0 Å². The number of carbonyl (C=O) groups is 2. The smallest absolute Gasteiger partial charge is 0.255 e. The summed E-state index contributed by atoms with van der Waals surface area (Å²) in [5.41, 5.74) is 0.713. The van der Waals surface area contributed by atoms with E-state index in [9.17, 15) is 9.59 Å². The number of hydrogen-bond acceptors (Lipinski definition) is 4. The van der Waals surface area contributed by atoms with Gasteiger partial charge in [0.05, 0.1) is 11.3 Å². The Hall–Kier alpha value is -1.24. The Morgan fingerprint density at radius 3 is 2.64 bits per heavy atom. The van der Waals surface area contributed by atoms with Gasteiger partial charge < -0.3 is 15.1 Å². The Morgan fingerprint density at radius 2 is 1.93 bits per heavy atom. The summed E-state index contributed by atoms with van der Waals surface area (Å²) < 4.78 is 0. The zero-order valence-electron chi connectivity index (χ0n) is 16.9. The number of hydrogen-bond donors (Lipinski definition) is 1. The quantitative estimate of drug-likeness (QED) is 0.734. The molecular weight excluding hydrogens is 394 g/mol. The lowest BCUT2D eigenvalue weighted by Gasteiger charge is -2.32. The van der Waals surface area contributed by atoms with Crippen LogP contribution in [0.4, 0.5) is 0 Å². The molecule has 1 N–H and O–H groups in total. The molecule has 5 nitrogen and oxygen atoms in total. The highest BCUT2D eigenvalue weighted by Crippen LogP contribution is 2.26. The minimum Gasteiger partial charge on any atom is -0.342 e. The summed E-state index contributed by atoms with van der Waals surface area (Å²) in [7, 11) is 1.93. The van der Waals surface area contributed by atoms with E-state index in [0.29, 0.717) is 23.4 Å². The van der Waals surface area contributed by atoms with Crippen molar-refractivity contribution in [1.29, 1.82) is 0 Å². The molecule has 1 saturated carbocycles. The molecule has 7 heteroatoms.